The van der Waals surface area contributed by atoms with Crippen molar-refractivity contribution in [2.24, 2.45) is 0 Å². The molecule has 1 aliphatic heterocycles. The van der Waals surface area contributed by atoms with E-state index in [1.807, 2.05) is 42.5 Å². The highest BCUT2D eigenvalue weighted by Crippen LogP contribution is 2.42. The predicted molar refractivity (Wildman–Crippen MR) is 81.4 cm³/mol. The Kier molecular flexibility index (Phi) is 3.48. The van der Waals surface area contributed by atoms with Crippen LogP contribution in [0.2, 0.25) is 0 Å². The molecule has 0 radical (unpaired) electrons. The number of rotatable bonds is 1. The van der Waals surface area contributed by atoms with Gasteiger partial charge in [0.2, 0.25) is 5.91 Å². The molecule has 0 bridgehead atoms. The Balaban J connectivity index is 0.00000132. The van der Waals surface area contributed by atoms with E-state index in [-0.39, 0.29) is 16.6 Å². The molecule has 1 unspecified atom stereocenters. The van der Waals surface area contributed by atoms with E-state index in [0.29, 0.717) is 6.42 Å². The number of para-hydroxylation sites is 2. The van der Waals surface area contributed by atoms with E-state index in [9.17, 15) is 4.79 Å². The molecule has 0 spiro atoms. The molecule has 0 fully saturated rings. The number of carbonyl (C=O) groups excluding carboxylic acids is 1. The monoisotopic (exact) mass is 299 g/mol. The van der Waals surface area contributed by atoms with Crippen LogP contribution in [0, 0.1) is 0 Å². The van der Waals surface area contributed by atoms with Crippen LogP contribution < -0.4 is 0 Å². The molecule has 6 heteroatoms. The fourth-order valence-corrected chi connectivity index (χ4v) is 3.67. The number of pyridine rings is 1. The molecule has 0 saturated heterocycles. The van der Waals surface area contributed by atoms with E-state index in [4.69, 9.17) is 0 Å². The lowest BCUT2D eigenvalue weighted by Gasteiger charge is -2.21. The Morgan fingerprint density at radius 2 is 1.95 bits per heavy atom. The summed E-state index contributed by atoms with van der Waals surface area (Å²) in [7, 11) is 0. The Hall–Kier alpha value is -2.18. The summed E-state index contributed by atoms with van der Waals surface area (Å²) >= 11 is 1.61. The maximum Gasteiger partial charge on any atom is 0.234 e. The van der Waals surface area contributed by atoms with Gasteiger partial charge < -0.3 is 5.48 Å². The first-order valence-corrected chi connectivity index (χ1v) is 7.29. The SMILES string of the molecule is O.O=C1CC(c2ccccn2)Sc2nc3ccccc3n21. The highest BCUT2D eigenvalue weighted by Gasteiger charge is 2.30. The van der Waals surface area contributed by atoms with E-state index >= 15 is 0 Å². The summed E-state index contributed by atoms with van der Waals surface area (Å²) in [6.45, 7) is 0. The minimum absolute atomic E-state index is 0. The van der Waals surface area contributed by atoms with Crippen molar-refractivity contribution < 1.29 is 10.3 Å². The molecule has 0 amide bonds. The topological polar surface area (TPSA) is 79.3 Å². The second-order valence-corrected chi connectivity index (χ2v) is 5.85. The molecule has 3 heterocycles. The summed E-state index contributed by atoms with van der Waals surface area (Å²) in [6, 6.07) is 13.5. The molecule has 1 atom stereocenters. The summed E-state index contributed by atoms with van der Waals surface area (Å²) in [5, 5.41) is 0.811. The van der Waals surface area contributed by atoms with Crippen molar-refractivity contribution in [3.05, 3.63) is 54.4 Å². The number of fused-ring (bicyclic) bond motifs is 3. The van der Waals surface area contributed by atoms with Gasteiger partial charge in [0.1, 0.15) is 0 Å². The number of imidazole rings is 1. The van der Waals surface area contributed by atoms with Gasteiger partial charge in [0.25, 0.3) is 0 Å². The van der Waals surface area contributed by atoms with Crippen LogP contribution in [0.15, 0.2) is 53.8 Å². The van der Waals surface area contributed by atoms with Crippen LogP contribution in [0.1, 0.15) is 22.2 Å². The molecule has 2 N–H and O–H groups in total. The van der Waals surface area contributed by atoms with Crippen LogP contribution in [0.25, 0.3) is 11.0 Å². The molecule has 106 valence electrons. The van der Waals surface area contributed by atoms with Crippen molar-refractivity contribution in [1.29, 1.82) is 0 Å². The quantitative estimate of drug-likeness (QED) is 0.691. The number of hydrogen-bond acceptors (Lipinski definition) is 4. The van der Waals surface area contributed by atoms with Crippen LogP contribution in [-0.2, 0) is 0 Å². The normalized spacial score (nSPS) is 17.3. The van der Waals surface area contributed by atoms with E-state index in [1.54, 1.807) is 22.5 Å². The summed E-state index contributed by atoms with van der Waals surface area (Å²) < 4.78 is 1.72. The van der Waals surface area contributed by atoms with Crippen LogP contribution in [-0.4, -0.2) is 25.9 Å². The molecule has 4 rings (SSSR count). The first kappa shape index (κ1) is 13.8. The Bertz CT molecular complexity index is 801. The van der Waals surface area contributed by atoms with Gasteiger partial charge >= 0.3 is 0 Å². The number of nitrogens with zero attached hydrogens (tertiary/aromatic N) is 3. The van der Waals surface area contributed by atoms with E-state index < -0.39 is 0 Å². The van der Waals surface area contributed by atoms with Gasteiger partial charge in [0, 0.05) is 12.6 Å². The van der Waals surface area contributed by atoms with Crippen molar-refractivity contribution in [2.75, 3.05) is 0 Å². The van der Waals surface area contributed by atoms with Crippen molar-refractivity contribution in [3.8, 4) is 0 Å². The van der Waals surface area contributed by atoms with Crippen molar-refractivity contribution in [3.63, 3.8) is 0 Å². The van der Waals surface area contributed by atoms with E-state index in [1.165, 1.54) is 0 Å². The summed E-state index contributed by atoms with van der Waals surface area (Å²) in [5.74, 6) is 0.0862. The Labute approximate surface area is 125 Å². The van der Waals surface area contributed by atoms with E-state index in [0.717, 1.165) is 21.9 Å². The average Bonchev–Trinajstić information content (AvgIpc) is 2.87. The lowest BCUT2D eigenvalue weighted by molar-refractivity contribution is 0.0891. The lowest BCUT2D eigenvalue weighted by Crippen LogP contribution is -2.20. The average molecular weight is 299 g/mol. The molecule has 0 saturated carbocycles. The third-order valence-electron chi connectivity index (χ3n) is 3.40. The van der Waals surface area contributed by atoms with Crippen molar-refractivity contribution in [1.82, 2.24) is 14.5 Å². The maximum absolute atomic E-state index is 12.4. The molecular weight excluding hydrogens is 286 g/mol. The molecule has 2 aromatic heterocycles. The standard InChI is InChI=1S/C15H11N3OS.H2O/c19-14-9-13(11-6-3-4-8-16-11)20-15-17-10-5-1-2-7-12(10)18(14)15;/h1-8,13H,9H2;1H2. The largest absolute Gasteiger partial charge is 0.412 e. The van der Waals surface area contributed by atoms with Crippen LogP contribution in [0.3, 0.4) is 0 Å². The molecule has 1 aliphatic rings. The molecule has 5 nitrogen and oxygen atoms in total. The first-order chi connectivity index (χ1) is 9.83. The zero-order valence-corrected chi connectivity index (χ0v) is 11.9. The predicted octanol–water partition coefficient (Wildman–Crippen LogP) is 2.48. The maximum atomic E-state index is 12.4. The molecular formula is C15H13N3O2S. The zero-order chi connectivity index (χ0) is 13.5. The van der Waals surface area contributed by atoms with Gasteiger partial charge in [-0.25, -0.2) is 4.98 Å². The minimum Gasteiger partial charge on any atom is -0.412 e. The van der Waals surface area contributed by atoms with Gasteiger partial charge in [0.15, 0.2) is 5.16 Å². The molecule has 3 aromatic rings. The lowest BCUT2D eigenvalue weighted by atomic mass is 10.2. The second-order valence-electron chi connectivity index (χ2n) is 4.68. The summed E-state index contributed by atoms with van der Waals surface area (Å²) in [5.41, 5.74) is 2.69. The van der Waals surface area contributed by atoms with Gasteiger partial charge in [-0.05, 0) is 24.3 Å². The third kappa shape index (κ3) is 2.22. The highest BCUT2D eigenvalue weighted by atomic mass is 32.2. The fourth-order valence-electron chi connectivity index (χ4n) is 2.47. The number of thioether (sulfide) groups is 1. The van der Waals surface area contributed by atoms with Crippen molar-refractivity contribution >= 4 is 28.7 Å². The smallest absolute Gasteiger partial charge is 0.234 e. The molecule has 0 aliphatic carbocycles. The van der Waals surface area contributed by atoms with Gasteiger partial charge in [-0.3, -0.25) is 14.3 Å². The number of benzene rings is 1. The zero-order valence-electron chi connectivity index (χ0n) is 11.1. The third-order valence-corrected chi connectivity index (χ3v) is 4.58. The fraction of sp³-hybridized carbons (Fsp3) is 0.133. The van der Waals surface area contributed by atoms with E-state index in [2.05, 4.69) is 9.97 Å². The Morgan fingerprint density at radius 1 is 1.14 bits per heavy atom. The van der Waals surface area contributed by atoms with Gasteiger partial charge in [-0.2, -0.15) is 0 Å². The number of aromatic nitrogens is 3. The van der Waals surface area contributed by atoms with Crippen LogP contribution >= 0.6 is 11.8 Å². The van der Waals surface area contributed by atoms with Crippen molar-refractivity contribution in [2.45, 2.75) is 16.8 Å². The minimum atomic E-state index is 0. The van der Waals surface area contributed by atoms with Gasteiger partial charge in [-0.1, -0.05) is 30.0 Å². The first-order valence-electron chi connectivity index (χ1n) is 6.41. The number of carbonyl (C=O) groups is 1. The molecule has 1 aromatic carbocycles. The molecule has 21 heavy (non-hydrogen) atoms. The van der Waals surface area contributed by atoms with Gasteiger partial charge in [0.05, 0.1) is 22.0 Å². The van der Waals surface area contributed by atoms with Crippen LogP contribution in [0.5, 0.6) is 0 Å². The van der Waals surface area contributed by atoms with Gasteiger partial charge in [-0.15, -0.1) is 0 Å². The summed E-state index contributed by atoms with van der Waals surface area (Å²) in [6.07, 6.45) is 2.22. The highest BCUT2D eigenvalue weighted by molar-refractivity contribution is 7.99. The second kappa shape index (κ2) is 5.31. The van der Waals surface area contributed by atoms with Crippen LogP contribution in [0.4, 0.5) is 0 Å². The number of hydrogen-bond donors (Lipinski definition) is 0. The Morgan fingerprint density at radius 3 is 2.76 bits per heavy atom. The summed E-state index contributed by atoms with van der Waals surface area (Å²) in [4.78, 5) is 21.3.